The molecule has 1 aromatic rings. The molecule has 16 heavy (non-hydrogen) atoms. The zero-order valence-electron chi connectivity index (χ0n) is 9.10. The SMILES string of the molecule is COc1cccc2c1C=C(C(C)N)S2(=O)=O. The van der Waals surface area contributed by atoms with E-state index in [2.05, 4.69) is 0 Å². The van der Waals surface area contributed by atoms with Crippen LogP contribution in [0.15, 0.2) is 28.0 Å². The molecule has 1 unspecified atom stereocenters. The van der Waals surface area contributed by atoms with E-state index in [1.54, 1.807) is 31.2 Å². The van der Waals surface area contributed by atoms with Gasteiger partial charge in [-0.2, -0.15) is 0 Å². The summed E-state index contributed by atoms with van der Waals surface area (Å²) in [5, 5.41) is 0. The minimum absolute atomic E-state index is 0.243. The van der Waals surface area contributed by atoms with Crippen LogP contribution in [0.3, 0.4) is 0 Å². The average molecular weight is 239 g/mol. The third-order valence-corrected chi connectivity index (χ3v) is 4.63. The molecule has 2 N–H and O–H groups in total. The highest BCUT2D eigenvalue weighted by Gasteiger charge is 2.33. The van der Waals surface area contributed by atoms with Crippen molar-refractivity contribution >= 4 is 15.9 Å². The number of hydrogen-bond acceptors (Lipinski definition) is 4. The van der Waals surface area contributed by atoms with E-state index in [-0.39, 0.29) is 9.80 Å². The lowest BCUT2D eigenvalue weighted by molar-refractivity contribution is 0.412. The van der Waals surface area contributed by atoms with Crippen LogP contribution in [-0.2, 0) is 9.84 Å². The molecule has 0 bridgehead atoms. The first-order valence-electron chi connectivity index (χ1n) is 4.87. The third-order valence-electron chi connectivity index (χ3n) is 2.58. The number of nitrogens with two attached hydrogens (primary N) is 1. The summed E-state index contributed by atoms with van der Waals surface area (Å²) in [5.41, 5.74) is 6.25. The molecule has 1 aliphatic rings. The molecule has 0 amide bonds. The number of benzene rings is 1. The fourth-order valence-corrected chi connectivity index (χ4v) is 3.52. The van der Waals surface area contributed by atoms with Gasteiger partial charge in [-0.15, -0.1) is 0 Å². The van der Waals surface area contributed by atoms with Crippen molar-refractivity contribution in [2.75, 3.05) is 7.11 Å². The number of hydrogen-bond donors (Lipinski definition) is 1. The lowest BCUT2D eigenvalue weighted by Crippen LogP contribution is -2.21. The van der Waals surface area contributed by atoms with E-state index in [0.29, 0.717) is 11.3 Å². The first-order valence-corrected chi connectivity index (χ1v) is 6.36. The van der Waals surface area contributed by atoms with E-state index >= 15 is 0 Å². The molecule has 5 heteroatoms. The number of rotatable bonds is 2. The van der Waals surface area contributed by atoms with Crippen molar-refractivity contribution < 1.29 is 13.2 Å². The lowest BCUT2D eigenvalue weighted by Gasteiger charge is -2.07. The van der Waals surface area contributed by atoms with E-state index in [0.717, 1.165) is 0 Å². The van der Waals surface area contributed by atoms with Gasteiger partial charge in [0.05, 0.1) is 16.9 Å². The van der Waals surface area contributed by atoms with Gasteiger partial charge in [0.25, 0.3) is 0 Å². The third kappa shape index (κ3) is 1.44. The van der Waals surface area contributed by atoms with Crippen LogP contribution in [0.2, 0.25) is 0 Å². The zero-order chi connectivity index (χ0) is 11.9. The summed E-state index contributed by atoms with van der Waals surface area (Å²) in [6.07, 6.45) is 1.59. The van der Waals surface area contributed by atoms with E-state index in [4.69, 9.17) is 10.5 Å². The summed E-state index contributed by atoms with van der Waals surface area (Å²) < 4.78 is 29.3. The minimum atomic E-state index is -3.42. The second-order valence-electron chi connectivity index (χ2n) is 3.71. The van der Waals surface area contributed by atoms with Crippen molar-refractivity contribution in [2.24, 2.45) is 5.73 Å². The highest BCUT2D eigenvalue weighted by molar-refractivity contribution is 7.96. The number of methoxy groups -OCH3 is 1. The summed E-state index contributed by atoms with van der Waals surface area (Å²) in [7, 11) is -1.91. The second kappa shape index (κ2) is 3.61. The summed E-state index contributed by atoms with van der Waals surface area (Å²) in [5.74, 6) is 0.553. The normalized spacial score (nSPS) is 18.8. The van der Waals surface area contributed by atoms with Crippen LogP contribution in [0.5, 0.6) is 5.75 Å². The van der Waals surface area contributed by atoms with Gasteiger partial charge >= 0.3 is 0 Å². The van der Waals surface area contributed by atoms with Crippen LogP contribution in [0.25, 0.3) is 6.08 Å². The van der Waals surface area contributed by atoms with Gasteiger partial charge in [-0.05, 0) is 25.1 Å². The molecule has 0 radical (unpaired) electrons. The Morgan fingerprint density at radius 3 is 2.62 bits per heavy atom. The van der Waals surface area contributed by atoms with Gasteiger partial charge in [-0.1, -0.05) is 6.07 Å². The smallest absolute Gasteiger partial charge is 0.205 e. The van der Waals surface area contributed by atoms with E-state index in [9.17, 15) is 8.42 Å². The Bertz CT molecular complexity index is 559. The molecular weight excluding hydrogens is 226 g/mol. The summed E-state index contributed by atoms with van der Waals surface area (Å²) in [6.45, 7) is 1.65. The predicted molar refractivity (Wildman–Crippen MR) is 61.8 cm³/mol. The van der Waals surface area contributed by atoms with Crippen molar-refractivity contribution in [3.05, 3.63) is 28.7 Å². The number of sulfone groups is 1. The molecule has 2 rings (SSSR count). The Labute approximate surface area is 94.6 Å². The summed E-state index contributed by atoms with van der Waals surface area (Å²) >= 11 is 0. The first kappa shape index (κ1) is 11.2. The van der Waals surface area contributed by atoms with Crippen LogP contribution in [0, 0.1) is 0 Å². The van der Waals surface area contributed by atoms with Crippen LogP contribution in [0.1, 0.15) is 12.5 Å². The summed E-state index contributed by atoms with van der Waals surface area (Å²) in [4.78, 5) is 0.520. The van der Waals surface area contributed by atoms with Crippen molar-refractivity contribution in [3.8, 4) is 5.75 Å². The van der Waals surface area contributed by atoms with Crippen molar-refractivity contribution in [1.82, 2.24) is 0 Å². The van der Waals surface area contributed by atoms with Gasteiger partial charge in [0.1, 0.15) is 5.75 Å². The fraction of sp³-hybridized carbons (Fsp3) is 0.273. The minimum Gasteiger partial charge on any atom is -0.496 e. The van der Waals surface area contributed by atoms with E-state index in [1.165, 1.54) is 7.11 Å². The lowest BCUT2D eigenvalue weighted by atomic mass is 10.1. The molecule has 1 aromatic carbocycles. The maximum atomic E-state index is 12.1. The standard InChI is InChI=1S/C11H13NO3S/c1-7(12)11-6-8-9(15-2)4-3-5-10(8)16(11,13)14/h3-7H,12H2,1-2H3. The Hall–Kier alpha value is -1.33. The molecular formula is C11H13NO3S. The van der Waals surface area contributed by atoms with E-state index < -0.39 is 15.9 Å². The molecule has 4 nitrogen and oxygen atoms in total. The van der Waals surface area contributed by atoms with Gasteiger partial charge in [-0.3, -0.25) is 0 Å². The average Bonchev–Trinajstić information content (AvgIpc) is 2.51. The quantitative estimate of drug-likeness (QED) is 0.841. The number of fused-ring (bicyclic) bond motifs is 1. The Balaban J connectivity index is 2.72. The van der Waals surface area contributed by atoms with Crippen LogP contribution >= 0.6 is 0 Å². The fourth-order valence-electron chi connectivity index (χ4n) is 1.80. The first-order chi connectivity index (χ1) is 7.48. The van der Waals surface area contributed by atoms with Crippen molar-refractivity contribution in [2.45, 2.75) is 17.9 Å². The molecule has 1 atom stereocenters. The second-order valence-corrected chi connectivity index (χ2v) is 5.63. The molecule has 86 valence electrons. The maximum absolute atomic E-state index is 12.1. The Morgan fingerprint density at radius 1 is 1.38 bits per heavy atom. The van der Waals surface area contributed by atoms with Crippen LogP contribution in [-0.4, -0.2) is 21.6 Å². The van der Waals surface area contributed by atoms with Crippen molar-refractivity contribution in [1.29, 1.82) is 0 Å². The number of ether oxygens (including phenoxy) is 1. The largest absolute Gasteiger partial charge is 0.496 e. The molecule has 0 aromatic heterocycles. The monoisotopic (exact) mass is 239 g/mol. The van der Waals surface area contributed by atoms with Gasteiger partial charge in [0.15, 0.2) is 0 Å². The molecule has 0 aliphatic carbocycles. The molecule has 0 saturated heterocycles. The van der Waals surface area contributed by atoms with E-state index in [1.807, 2.05) is 0 Å². The summed E-state index contributed by atoms with van der Waals surface area (Å²) in [6, 6.07) is 4.45. The Morgan fingerprint density at radius 2 is 2.06 bits per heavy atom. The van der Waals surface area contributed by atoms with Gasteiger partial charge in [0.2, 0.25) is 9.84 Å². The Kier molecular flexibility index (Phi) is 2.52. The molecule has 0 saturated carbocycles. The molecule has 1 heterocycles. The van der Waals surface area contributed by atoms with Crippen LogP contribution < -0.4 is 10.5 Å². The molecule has 1 aliphatic heterocycles. The zero-order valence-corrected chi connectivity index (χ0v) is 9.91. The topological polar surface area (TPSA) is 69.4 Å². The van der Waals surface area contributed by atoms with Gasteiger partial charge in [-0.25, -0.2) is 8.42 Å². The molecule has 0 fully saturated rings. The molecule has 0 spiro atoms. The van der Waals surface area contributed by atoms with Gasteiger partial charge < -0.3 is 10.5 Å². The predicted octanol–water partition coefficient (Wildman–Crippen LogP) is 1.17. The van der Waals surface area contributed by atoms with Gasteiger partial charge in [0, 0.05) is 11.6 Å². The maximum Gasteiger partial charge on any atom is 0.205 e. The van der Waals surface area contributed by atoms with Crippen molar-refractivity contribution in [3.63, 3.8) is 0 Å². The highest BCUT2D eigenvalue weighted by Crippen LogP contribution is 2.38. The van der Waals surface area contributed by atoms with Crippen LogP contribution in [0.4, 0.5) is 0 Å². The highest BCUT2D eigenvalue weighted by atomic mass is 32.2.